The van der Waals surface area contributed by atoms with Crippen LogP contribution in [0.15, 0.2) is 40.2 Å². The average Bonchev–Trinajstić information content (AvgIpc) is 2.82. The maximum atomic E-state index is 13.0. The summed E-state index contributed by atoms with van der Waals surface area (Å²) < 4.78 is 2.17. The van der Waals surface area contributed by atoms with Crippen molar-refractivity contribution >= 4 is 43.1 Å². The van der Waals surface area contributed by atoms with Crippen LogP contribution in [0.25, 0.3) is 10.1 Å². The number of benzene rings is 2. The highest BCUT2D eigenvalue weighted by Crippen LogP contribution is 2.34. The van der Waals surface area contributed by atoms with E-state index in [-0.39, 0.29) is 5.78 Å². The molecule has 1 heterocycles. The van der Waals surface area contributed by atoms with Gasteiger partial charge in [-0.05, 0) is 53.9 Å². The number of ketones is 1. The molecule has 0 atom stereocenters. The van der Waals surface area contributed by atoms with Crippen LogP contribution >= 0.6 is 27.3 Å². The fourth-order valence-corrected chi connectivity index (χ4v) is 4.47. The lowest BCUT2D eigenvalue weighted by molar-refractivity contribution is 0.103. The van der Waals surface area contributed by atoms with E-state index in [4.69, 9.17) is 0 Å². The number of carbonyl (C=O) groups is 1. The lowest BCUT2D eigenvalue weighted by Crippen LogP contribution is -2.06. The van der Waals surface area contributed by atoms with Gasteiger partial charge >= 0.3 is 0 Å². The molecule has 3 heteroatoms. The summed E-state index contributed by atoms with van der Waals surface area (Å²) in [6.45, 7) is 6.08. The molecule has 0 amide bonds. The second kappa shape index (κ2) is 5.39. The predicted molar refractivity (Wildman–Crippen MR) is 93.6 cm³/mol. The number of halogens is 1. The lowest BCUT2D eigenvalue weighted by Gasteiger charge is -2.10. The number of fused-ring (bicyclic) bond motifs is 1. The van der Waals surface area contributed by atoms with Gasteiger partial charge in [0, 0.05) is 31.1 Å². The van der Waals surface area contributed by atoms with Gasteiger partial charge < -0.3 is 0 Å². The van der Waals surface area contributed by atoms with Crippen LogP contribution in [0.4, 0.5) is 0 Å². The summed E-state index contributed by atoms with van der Waals surface area (Å²) in [5.41, 5.74) is 4.92. The highest BCUT2D eigenvalue weighted by atomic mass is 79.9. The Balaban J connectivity index is 2.20. The van der Waals surface area contributed by atoms with Gasteiger partial charge in [0.2, 0.25) is 0 Å². The summed E-state index contributed by atoms with van der Waals surface area (Å²) >= 11 is 5.16. The summed E-state index contributed by atoms with van der Waals surface area (Å²) in [5.74, 6) is 0.120. The zero-order valence-corrected chi connectivity index (χ0v) is 14.6. The summed E-state index contributed by atoms with van der Waals surface area (Å²) in [6, 6.07) is 10.2. The SMILES string of the molecule is Cc1cc(C)c(C(=O)c2csc3c(Br)cccc23)c(C)c1. The number of hydrogen-bond acceptors (Lipinski definition) is 2. The molecule has 106 valence electrons. The van der Waals surface area contributed by atoms with Crippen molar-refractivity contribution in [1.29, 1.82) is 0 Å². The molecular formula is C18H15BrOS. The molecule has 3 rings (SSSR count). The van der Waals surface area contributed by atoms with Crippen molar-refractivity contribution in [2.24, 2.45) is 0 Å². The molecule has 0 unspecified atom stereocenters. The molecule has 0 fully saturated rings. The van der Waals surface area contributed by atoms with Gasteiger partial charge in [-0.3, -0.25) is 4.79 Å². The number of thiophene rings is 1. The molecule has 1 aromatic heterocycles. The van der Waals surface area contributed by atoms with Crippen molar-refractivity contribution in [2.75, 3.05) is 0 Å². The largest absolute Gasteiger partial charge is 0.289 e. The van der Waals surface area contributed by atoms with E-state index in [0.29, 0.717) is 0 Å². The normalized spacial score (nSPS) is 11.0. The molecule has 3 aromatic rings. The molecule has 0 N–H and O–H groups in total. The zero-order chi connectivity index (χ0) is 15.1. The van der Waals surface area contributed by atoms with E-state index in [2.05, 4.69) is 35.0 Å². The van der Waals surface area contributed by atoms with Crippen molar-refractivity contribution in [2.45, 2.75) is 20.8 Å². The minimum Gasteiger partial charge on any atom is -0.289 e. The Hall–Kier alpha value is -1.45. The second-order valence-corrected chi connectivity index (χ2v) is 7.10. The van der Waals surface area contributed by atoms with Gasteiger partial charge in [-0.15, -0.1) is 11.3 Å². The Morgan fingerprint density at radius 1 is 1.10 bits per heavy atom. The summed E-state index contributed by atoms with van der Waals surface area (Å²) in [6.07, 6.45) is 0. The smallest absolute Gasteiger partial charge is 0.195 e. The lowest BCUT2D eigenvalue weighted by atomic mass is 9.93. The van der Waals surface area contributed by atoms with Gasteiger partial charge in [0.15, 0.2) is 5.78 Å². The topological polar surface area (TPSA) is 17.1 Å². The van der Waals surface area contributed by atoms with Crippen LogP contribution in [0.2, 0.25) is 0 Å². The van der Waals surface area contributed by atoms with Crippen molar-refractivity contribution in [3.8, 4) is 0 Å². The summed E-state index contributed by atoms with van der Waals surface area (Å²) in [7, 11) is 0. The first-order valence-corrected chi connectivity index (χ1v) is 8.44. The Kier molecular flexibility index (Phi) is 3.72. The summed E-state index contributed by atoms with van der Waals surface area (Å²) in [5, 5.41) is 3.00. The maximum absolute atomic E-state index is 13.0. The van der Waals surface area contributed by atoms with E-state index in [1.165, 1.54) is 5.56 Å². The standard InChI is InChI=1S/C18H15BrOS/c1-10-7-11(2)16(12(3)8-10)17(20)14-9-21-18-13(14)5-4-6-15(18)19/h4-9H,1-3H3. The van der Waals surface area contributed by atoms with Crippen LogP contribution in [0.1, 0.15) is 32.6 Å². The fraction of sp³-hybridized carbons (Fsp3) is 0.167. The van der Waals surface area contributed by atoms with E-state index in [1.54, 1.807) is 11.3 Å². The van der Waals surface area contributed by atoms with E-state index < -0.39 is 0 Å². The molecule has 0 aliphatic rings. The van der Waals surface area contributed by atoms with E-state index >= 15 is 0 Å². The third-order valence-corrected chi connectivity index (χ3v) is 5.65. The molecule has 2 aromatic carbocycles. The van der Waals surface area contributed by atoms with Gasteiger partial charge in [-0.1, -0.05) is 29.8 Å². The first kappa shape index (κ1) is 14.5. The first-order chi connectivity index (χ1) is 9.99. The van der Waals surface area contributed by atoms with Crippen LogP contribution < -0.4 is 0 Å². The van der Waals surface area contributed by atoms with Gasteiger partial charge in [0.25, 0.3) is 0 Å². The highest BCUT2D eigenvalue weighted by Gasteiger charge is 2.19. The highest BCUT2D eigenvalue weighted by molar-refractivity contribution is 9.10. The molecule has 0 spiro atoms. The number of rotatable bonds is 2. The minimum atomic E-state index is 0.120. The molecule has 1 nitrogen and oxygen atoms in total. The van der Waals surface area contributed by atoms with Crippen molar-refractivity contribution in [3.05, 3.63) is 68.0 Å². The van der Waals surface area contributed by atoms with Crippen LogP contribution in [0, 0.1) is 20.8 Å². The Bertz CT molecular complexity index is 838. The third kappa shape index (κ3) is 2.45. The first-order valence-electron chi connectivity index (χ1n) is 6.77. The molecule has 0 saturated heterocycles. The van der Waals surface area contributed by atoms with Gasteiger partial charge in [0.1, 0.15) is 0 Å². The monoisotopic (exact) mass is 358 g/mol. The number of carbonyl (C=O) groups excluding carboxylic acids is 1. The predicted octanol–water partition coefficient (Wildman–Crippen LogP) is 5.82. The van der Waals surface area contributed by atoms with Crippen molar-refractivity contribution in [1.82, 2.24) is 0 Å². The van der Waals surface area contributed by atoms with E-state index in [1.807, 2.05) is 37.4 Å². The van der Waals surface area contributed by atoms with Crippen molar-refractivity contribution < 1.29 is 4.79 Å². The van der Waals surface area contributed by atoms with Crippen LogP contribution in [0.3, 0.4) is 0 Å². The van der Waals surface area contributed by atoms with Crippen LogP contribution in [0.5, 0.6) is 0 Å². The maximum Gasteiger partial charge on any atom is 0.195 e. The molecule has 0 radical (unpaired) electrons. The molecule has 21 heavy (non-hydrogen) atoms. The molecule has 0 bridgehead atoms. The fourth-order valence-electron chi connectivity index (χ4n) is 2.87. The summed E-state index contributed by atoms with van der Waals surface area (Å²) in [4.78, 5) is 13.0. The Morgan fingerprint density at radius 2 is 1.76 bits per heavy atom. The minimum absolute atomic E-state index is 0.120. The average molecular weight is 359 g/mol. The van der Waals surface area contributed by atoms with E-state index in [9.17, 15) is 4.79 Å². The second-order valence-electron chi connectivity index (χ2n) is 5.37. The number of aryl methyl sites for hydroxylation is 3. The van der Waals surface area contributed by atoms with Gasteiger partial charge in [-0.25, -0.2) is 0 Å². The van der Waals surface area contributed by atoms with Crippen molar-refractivity contribution in [3.63, 3.8) is 0 Å². The third-order valence-electron chi connectivity index (χ3n) is 3.70. The molecule has 0 aliphatic heterocycles. The molecule has 0 saturated carbocycles. The van der Waals surface area contributed by atoms with Gasteiger partial charge in [0.05, 0.1) is 0 Å². The molecule has 0 aliphatic carbocycles. The van der Waals surface area contributed by atoms with Crippen LogP contribution in [-0.4, -0.2) is 5.78 Å². The van der Waals surface area contributed by atoms with E-state index in [0.717, 1.165) is 36.8 Å². The molecular weight excluding hydrogens is 344 g/mol. The zero-order valence-electron chi connectivity index (χ0n) is 12.2. The van der Waals surface area contributed by atoms with Gasteiger partial charge in [-0.2, -0.15) is 0 Å². The Labute approximate surface area is 136 Å². The van der Waals surface area contributed by atoms with Crippen LogP contribution in [-0.2, 0) is 0 Å². The quantitative estimate of drug-likeness (QED) is 0.527. The number of hydrogen-bond donors (Lipinski definition) is 0. The Morgan fingerprint density at radius 3 is 2.43 bits per heavy atom.